The number of hydrogen-bond donors (Lipinski definition) is 2. The number of aryl methyl sites for hydroxylation is 1. The smallest absolute Gasteiger partial charge is 0.123 e. The fraction of sp³-hybridized carbons (Fsp3) is 0.500. The molecule has 0 radical (unpaired) electrons. The van der Waals surface area contributed by atoms with Crippen LogP contribution in [0.3, 0.4) is 0 Å². The molecule has 15 heavy (non-hydrogen) atoms. The molecule has 0 heterocycles. The highest BCUT2D eigenvalue weighted by atomic mass is 16.5. The second kappa shape index (κ2) is 3.83. The molecule has 0 atom stereocenters. The third-order valence-corrected chi connectivity index (χ3v) is 3.34. The predicted octanol–water partition coefficient (Wildman–Crippen LogP) is 0.864. The van der Waals surface area contributed by atoms with Gasteiger partial charge in [-0.05, 0) is 24.5 Å². The van der Waals surface area contributed by atoms with Crippen LogP contribution in [0.25, 0.3) is 0 Å². The zero-order valence-corrected chi connectivity index (χ0v) is 8.86. The molecule has 0 aliphatic heterocycles. The minimum Gasteiger partial charge on any atom is -0.496 e. The molecule has 0 bridgehead atoms. The van der Waals surface area contributed by atoms with Crippen LogP contribution < -0.4 is 4.74 Å². The first kappa shape index (κ1) is 10.5. The third-order valence-electron chi connectivity index (χ3n) is 3.34. The largest absolute Gasteiger partial charge is 0.496 e. The number of benzene rings is 1. The van der Waals surface area contributed by atoms with Gasteiger partial charge in [-0.3, -0.25) is 0 Å². The van der Waals surface area contributed by atoms with E-state index in [4.69, 9.17) is 4.74 Å². The number of ether oxygens (including phenoxy) is 1. The molecule has 0 aromatic heterocycles. The quantitative estimate of drug-likeness (QED) is 0.774. The lowest BCUT2D eigenvalue weighted by molar-refractivity contribution is 0.115. The fourth-order valence-corrected chi connectivity index (χ4v) is 2.42. The van der Waals surface area contributed by atoms with Crippen molar-refractivity contribution in [1.82, 2.24) is 0 Å². The van der Waals surface area contributed by atoms with E-state index in [1.54, 1.807) is 7.11 Å². The van der Waals surface area contributed by atoms with Gasteiger partial charge in [0, 0.05) is 11.0 Å². The van der Waals surface area contributed by atoms with Crippen molar-refractivity contribution in [2.24, 2.45) is 0 Å². The van der Waals surface area contributed by atoms with Crippen molar-refractivity contribution in [3.63, 3.8) is 0 Å². The Labute approximate surface area is 89.3 Å². The van der Waals surface area contributed by atoms with Gasteiger partial charge in [0.15, 0.2) is 0 Å². The van der Waals surface area contributed by atoms with Crippen LogP contribution in [0.1, 0.15) is 17.5 Å². The minimum atomic E-state index is -0.512. The van der Waals surface area contributed by atoms with Crippen molar-refractivity contribution in [1.29, 1.82) is 0 Å². The summed E-state index contributed by atoms with van der Waals surface area (Å²) in [4.78, 5) is 0. The minimum absolute atomic E-state index is 0.0309. The molecule has 2 N–H and O–H groups in total. The average molecular weight is 208 g/mol. The molecular weight excluding hydrogens is 192 g/mol. The molecule has 0 saturated heterocycles. The van der Waals surface area contributed by atoms with Gasteiger partial charge >= 0.3 is 0 Å². The Hall–Kier alpha value is -1.06. The highest BCUT2D eigenvalue weighted by Gasteiger charge is 2.40. The van der Waals surface area contributed by atoms with Crippen molar-refractivity contribution in [2.75, 3.05) is 20.3 Å². The average Bonchev–Trinajstić information content (AvgIpc) is 2.68. The van der Waals surface area contributed by atoms with E-state index in [1.165, 1.54) is 5.56 Å². The van der Waals surface area contributed by atoms with E-state index in [9.17, 15) is 10.2 Å². The second-order valence-corrected chi connectivity index (χ2v) is 4.09. The number of fused-ring (bicyclic) bond motifs is 1. The molecule has 0 saturated carbocycles. The summed E-state index contributed by atoms with van der Waals surface area (Å²) in [6, 6.07) is 5.86. The van der Waals surface area contributed by atoms with Gasteiger partial charge in [0.25, 0.3) is 0 Å². The Morgan fingerprint density at radius 1 is 1.33 bits per heavy atom. The van der Waals surface area contributed by atoms with E-state index in [1.807, 2.05) is 18.2 Å². The second-order valence-electron chi connectivity index (χ2n) is 4.09. The lowest BCUT2D eigenvalue weighted by Gasteiger charge is -2.26. The first-order valence-electron chi connectivity index (χ1n) is 5.15. The highest BCUT2D eigenvalue weighted by molar-refractivity contribution is 5.49. The van der Waals surface area contributed by atoms with Crippen molar-refractivity contribution < 1.29 is 14.9 Å². The molecule has 2 rings (SSSR count). The van der Waals surface area contributed by atoms with Crippen LogP contribution in [0.5, 0.6) is 5.75 Å². The summed E-state index contributed by atoms with van der Waals surface area (Å²) in [7, 11) is 1.62. The summed E-state index contributed by atoms with van der Waals surface area (Å²) in [5.41, 5.74) is 1.65. The molecule has 1 aromatic rings. The van der Waals surface area contributed by atoms with Gasteiger partial charge in [-0.25, -0.2) is 0 Å². The maximum atomic E-state index is 9.47. The molecule has 82 valence electrons. The number of aliphatic hydroxyl groups is 2. The first-order chi connectivity index (χ1) is 7.27. The number of rotatable bonds is 3. The Balaban J connectivity index is 2.56. The molecule has 3 heteroatoms. The van der Waals surface area contributed by atoms with E-state index >= 15 is 0 Å². The number of hydrogen-bond acceptors (Lipinski definition) is 3. The van der Waals surface area contributed by atoms with E-state index < -0.39 is 5.41 Å². The van der Waals surface area contributed by atoms with E-state index in [2.05, 4.69) is 0 Å². The Morgan fingerprint density at radius 3 is 2.67 bits per heavy atom. The van der Waals surface area contributed by atoms with E-state index in [-0.39, 0.29) is 13.2 Å². The summed E-state index contributed by atoms with van der Waals surface area (Å²) in [5.74, 6) is 0.771. The van der Waals surface area contributed by atoms with Crippen LogP contribution in [0, 0.1) is 0 Å². The molecule has 3 nitrogen and oxygen atoms in total. The first-order valence-corrected chi connectivity index (χ1v) is 5.15. The predicted molar refractivity (Wildman–Crippen MR) is 57.2 cm³/mol. The maximum Gasteiger partial charge on any atom is 0.123 e. The normalized spacial score (nSPS) is 17.5. The number of methoxy groups -OCH3 is 1. The monoisotopic (exact) mass is 208 g/mol. The van der Waals surface area contributed by atoms with Gasteiger partial charge < -0.3 is 14.9 Å². The summed E-state index contributed by atoms with van der Waals surface area (Å²) in [6.07, 6.45) is 1.68. The van der Waals surface area contributed by atoms with Crippen molar-refractivity contribution in [3.05, 3.63) is 29.3 Å². The Kier molecular flexibility index (Phi) is 2.67. The molecule has 1 aromatic carbocycles. The summed E-state index contributed by atoms with van der Waals surface area (Å²) >= 11 is 0. The fourth-order valence-electron chi connectivity index (χ4n) is 2.42. The Morgan fingerprint density at radius 2 is 2.07 bits per heavy atom. The molecule has 0 amide bonds. The van der Waals surface area contributed by atoms with E-state index in [0.717, 1.165) is 24.2 Å². The van der Waals surface area contributed by atoms with Gasteiger partial charge in [-0.15, -0.1) is 0 Å². The van der Waals surface area contributed by atoms with Gasteiger partial charge in [0.05, 0.1) is 20.3 Å². The molecule has 0 spiro atoms. The molecule has 1 aliphatic rings. The van der Waals surface area contributed by atoms with E-state index in [0.29, 0.717) is 0 Å². The summed E-state index contributed by atoms with van der Waals surface area (Å²) in [5, 5.41) is 18.9. The van der Waals surface area contributed by atoms with Crippen molar-refractivity contribution in [2.45, 2.75) is 18.3 Å². The molecule has 0 unspecified atom stereocenters. The van der Waals surface area contributed by atoms with Crippen LogP contribution in [-0.2, 0) is 11.8 Å². The van der Waals surface area contributed by atoms with Crippen LogP contribution in [0.15, 0.2) is 18.2 Å². The maximum absolute atomic E-state index is 9.47. The van der Waals surface area contributed by atoms with Crippen LogP contribution in [0.4, 0.5) is 0 Å². The standard InChI is InChI=1S/C12H16O3/c1-15-10-4-2-3-9-5-6-12(7-13,8-14)11(9)10/h2-4,13-14H,5-8H2,1H3. The molecular formula is C12H16O3. The van der Waals surface area contributed by atoms with Gasteiger partial charge in [0.2, 0.25) is 0 Å². The van der Waals surface area contributed by atoms with Gasteiger partial charge in [-0.1, -0.05) is 12.1 Å². The van der Waals surface area contributed by atoms with Crippen LogP contribution >= 0.6 is 0 Å². The topological polar surface area (TPSA) is 49.7 Å². The Bertz CT molecular complexity index is 356. The van der Waals surface area contributed by atoms with Crippen LogP contribution in [0.2, 0.25) is 0 Å². The zero-order chi connectivity index (χ0) is 10.9. The van der Waals surface area contributed by atoms with Gasteiger partial charge in [0.1, 0.15) is 5.75 Å². The molecule has 1 aliphatic carbocycles. The van der Waals surface area contributed by atoms with Crippen LogP contribution in [-0.4, -0.2) is 30.5 Å². The van der Waals surface area contributed by atoms with Crippen molar-refractivity contribution in [3.8, 4) is 5.75 Å². The summed E-state index contributed by atoms with van der Waals surface area (Å²) < 4.78 is 5.29. The zero-order valence-electron chi connectivity index (χ0n) is 8.86. The summed E-state index contributed by atoms with van der Waals surface area (Å²) in [6.45, 7) is -0.0618. The number of aliphatic hydroxyl groups excluding tert-OH is 2. The molecule has 0 fully saturated rings. The lowest BCUT2D eigenvalue weighted by atomic mass is 9.83. The third kappa shape index (κ3) is 1.43. The SMILES string of the molecule is COc1cccc2c1C(CO)(CO)CC2. The van der Waals surface area contributed by atoms with Crippen molar-refractivity contribution >= 4 is 0 Å². The highest BCUT2D eigenvalue weighted by Crippen LogP contribution is 2.43. The van der Waals surface area contributed by atoms with Gasteiger partial charge in [-0.2, -0.15) is 0 Å². The lowest BCUT2D eigenvalue weighted by Crippen LogP contribution is -2.32.